The summed E-state index contributed by atoms with van der Waals surface area (Å²) in [6, 6.07) is 8.15. The lowest BCUT2D eigenvalue weighted by molar-refractivity contribution is -0.141. The second-order valence-corrected chi connectivity index (χ2v) is 4.07. The number of nitrogens with zero attached hydrogens (tertiary/aromatic N) is 1. The Morgan fingerprint density at radius 1 is 1.42 bits per heavy atom. The van der Waals surface area contributed by atoms with E-state index in [-0.39, 0.29) is 6.54 Å². The SMILES string of the molecule is CC(CCNC(=O)Nc1ccccc1C#N)C(=O)O. The van der Waals surface area contributed by atoms with E-state index < -0.39 is 17.9 Å². The van der Waals surface area contributed by atoms with Crippen LogP contribution in [-0.4, -0.2) is 23.7 Å². The highest BCUT2D eigenvalue weighted by Crippen LogP contribution is 2.13. The highest BCUT2D eigenvalue weighted by Gasteiger charge is 2.11. The van der Waals surface area contributed by atoms with Gasteiger partial charge in [0.05, 0.1) is 17.2 Å². The van der Waals surface area contributed by atoms with Crippen molar-refractivity contribution in [3.63, 3.8) is 0 Å². The zero-order valence-electron chi connectivity index (χ0n) is 10.5. The van der Waals surface area contributed by atoms with Gasteiger partial charge in [-0.15, -0.1) is 0 Å². The summed E-state index contributed by atoms with van der Waals surface area (Å²) >= 11 is 0. The van der Waals surface area contributed by atoms with Crippen LogP contribution in [0, 0.1) is 17.2 Å². The van der Waals surface area contributed by atoms with Gasteiger partial charge in [-0.05, 0) is 18.6 Å². The number of urea groups is 1. The minimum Gasteiger partial charge on any atom is -0.481 e. The number of carbonyl (C=O) groups is 2. The van der Waals surface area contributed by atoms with E-state index in [0.717, 1.165) is 0 Å². The van der Waals surface area contributed by atoms with E-state index in [0.29, 0.717) is 17.7 Å². The molecule has 0 saturated heterocycles. The van der Waals surface area contributed by atoms with Crippen molar-refractivity contribution in [2.45, 2.75) is 13.3 Å². The number of hydrogen-bond acceptors (Lipinski definition) is 3. The van der Waals surface area contributed by atoms with Gasteiger partial charge >= 0.3 is 12.0 Å². The van der Waals surface area contributed by atoms with Crippen LogP contribution in [0.2, 0.25) is 0 Å². The highest BCUT2D eigenvalue weighted by atomic mass is 16.4. The molecule has 1 rings (SSSR count). The van der Waals surface area contributed by atoms with Crippen LogP contribution in [-0.2, 0) is 4.79 Å². The van der Waals surface area contributed by atoms with Crippen LogP contribution in [0.5, 0.6) is 0 Å². The summed E-state index contributed by atoms with van der Waals surface area (Å²) in [4.78, 5) is 22.1. The minimum absolute atomic E-state index is 0.258. The van der Waals surface area contributed by atoms with Crippen molar-refractivity contribution < 1.29 is 14.7 Å². The first-order chi connectivity index (χ1) is 9.04. The molecule has 0 bridgehead atoms. The zero-order chi connectivity index (χ0) is 14.3. The van der Waals surface area contributed by atoms with Crippen molar-refractivity contribution in [1.82, 2.24) is 5.32 Å². The van der Waals surface area contributed by atoms with Gasteiger partial charge in [0.1, 0.15) is 6.07 Å². The number of hydrogen-bond donors (Lipinski definition) is 3. The van der Waals surface area contributed by atoms with Gasteiger partial charge in [-0.1, -0.05) is 19.1 Å². The average Bonchev–Trinajstić information content (AvgIpc) is 2.39. The van der Waals surface area contributed by atoms with Gasteiger partial charge in [0.2, 0.25) is 0 Å². The normalized spacial score (nSPS) is 11.2. The van der Waals surface area contributed by atoms with Crippen molar-refractivity contribution in [1.29, 1.82) is 5.26 Å². The van der Waals surface area contributed by atoms with Gasteiger partial charge in [-0.25, -0.2) is 4.79 Å². The van der Waals surface area contributed by atoms with E-state index in [1.54, 1.807) is 31.2 Å². The molecule has 1 atom stereocenters. The highest BCUT2D eigenvalue weighted by molar-refractivity contribution is 5.90. The third kappa shape index (κ3) is 4.68. The van der Waals surface area contributed by atoms with Crippen LogP contribution in [0.15, 0.2) is 24.3 Å². The molecule has 0 heterocycles. The van der Waals surface area contributed by atoms with Crippen LogP contribution in [0.1, 0.15) is 18.9 Å². The van der Waals surface area contributed by atoms with Crippen LogP contribution in [0.4, 0.5) is 10.5 Å². The molecule has 1 unspecified atom stereocenters. The van der Waals surface area contributed by atoms with E-state index >= 15 is 0 Å². The number of aliphatic carboxylic acids is 1. The largest absolute Gasteiger partial charge is 0.481 e. The Bertz CT molecular complexity index is 508. The summed E-state index contributed by atoms with van der Waals surface area (Å²) < 4.78 is 0. The third-order valence-corrected chi connectivity index (χ3v) is 2.58. The van der Waals surface area contributed by atoms with Gasteiger partial charge in [0.25, 0.3) is 0 Å². The molecular formula is C13H15N3O3. The van der Waals surface area contributed by atoms with E-state index in [2.05, 4.69) is 10.6 Å². The number of carboxylic acid groups (broad SMARTS) is 1. The second-order valence-electron chi connectivity index (χ2n) is 4.07. The van der Waals surface area contributed by atoms with Crippen LogP contribution < -0.4 is 10.6 Å². The number of para-hydroxylation sites is 1. The molecule has 19 heavy (non-hydrogen) atoms. The molecule has 0 spiro atoms. The molecule has 0 saturated carbocycles. The van der Waals surface area contributed by atoms with Crippen molar-refractivity contribution >= 4 is 17.7 Å². The molecule has 0 fully saturated rings. The summed E-state index contributed by atoms with van der Waals surface area (Å²) in [5.41, 5.74) is 0.797. The Hall–Kier alpha value is -2.55. The Kier molecular flexibility index (Phi) is 5.35. The van der Waals surface area contributed by atoms with Crippen molar-refractivity contribution in [3.8, 4) is 6.07 Å². The molecule has 3 N–H and O–H groups in total. The fourth-order valence-electron chi connectivity index (χ4n) is 1.38. The molecule has 2 amide bonds. The maximum atomic E-state index is 11.6. The predicted octanol–water partition coefficient (Wildman–Crippen LogP) is 1.79. The first-order valence-corrected chi connectivity index (χ1v) is 5.81. The monoisotopic (exact) mass is 261 g/mol. The van der Waals surface area contributed by atoms with E-state index in [9.17, 15) is 9.59 Å². The summed E-state index contributed by atoms with van der Waals surface area (Å²) in [6.45, 7) is 1.83. The average molecular weight is 261 g/mol. The molecule has 0 aromatic heterocycles. The molecule has 0 aliphatic rings. The lowest BCUT2D eigenvalue weighted by atomic mass is 10.1. The Morgan fingerprint density at radius 3 is 2.74 bits per heavy atom. The summed E-state index contributed by atoms with van der Waals surface area (Å²) in [5, 5.41) is 22.6. The molecule has 6 nitrogen and oxygen atoms in total. The molecule has 0 aliphatic carbocycles. The maximum absolute atomic E-state index is 11.6. The van der Waals surface area contributed by atoms with Gasteiger partial charge in [0, 0.05) is 6.54 Å². The van der Waals surface area contributed by atoms with Crippen molar-refractivity contribution in [3.05, 3.63) is 29.8 Å². The van der Waals surface area contributed by atoms with Gasteiger partial charge in [-0.3, -0.25) is 4.79 Å². The standard InChI is InChI=1S/C13H15N3O3/c1-9(12(17)18)6-7-15-13(19)16-11-5-3-2-4-10(11)8-14/h2-5,9H,6-7H2,1H3,(H,17,18)(H2,15,16,19). The fourth-order valence-corrected chi connectivity index (χ4v) is 1.38. The number of rotatable bonds is 5. The second kappa shape index (κ2) is 7.01. The number of anilines is 1. The molecule has 1 aromatic rings. The zero-order valence-corrected chi connectivity index (χ0v) is 10.5. The lowest BCUT2D eigenvalue weighted by Crippen LogP contribution is -2.31. The Balaban J connectivity index is 2.44. The third-order valence-electron chi connectivity index (χ3n) is 2.58. The molecule has 100 valence electrons. The molecule has 0 aliphatic heterocycles. The number of amides is 2. The van der Waals surface area contributed by atoms with Gasteiger partial charge < -0.3 is 15.7 Å². The van der Waals surface area contributed by atoms with Crippen LogP contribution in [0.3, 0.4) is 0 Å². The lowest BCUT2D eigenvalue weighted by Gasteiger charge is -2.10. The fraction of sp³-hybridized carbons (Fsp3) is 0.308. The molecular weight excluding hydrogens is 246 g/mol. The van der Waals surface area contributed by atoms with Crippen LogP contribution >= 0.6 is 0 Å². The smallest absolute Gasteiger partial charge is 0.319 e. The molecule has 0 radical (unpaired) electrons. The van der Waals surface area contributed by atoms with E-state index in [1.807, 2.05) is 6.07 Å². The first kappa shape index (κ1) is 14.5. The number of nitrogens with one attached hydrogen (secondary N) is 2. The molecule has 1 aromatic carbocycles. The van der Waals surface area contributed by atoms with Crippen molar-refractivity contribution in [2.24, 2.45) is 5.92 Å². The minimum atomic E-state index is -0.892. The topological polar surface area (TPSA) is 102 Å². The van der Waals surface area contributed by atoms with Crippen LogP contribution in [0.25, 0.3) is 0 Å². The van der Waals surface area contributed by atoms with Crippen molar-refractivity contribution in [2.75, 3.05) is 11.9 Å². The first-order valence-electron chi connectivity index (χ1n) is 5.81. The quantitative estimate of drug-likeness (QED) is 0.751. The van der Waals surface area contributed by atoms with E-state index in [4.69, 9.17) is 10.4 Å². The van der Waals surface area contributed by atoms with E-state index in [1.165, 1.54) is 0 Å². The number of nitriles is 1. The number of carboxylic acids is 1. The Labute approximate surface area is 111 Å². The summed E-state index contributed by atoms with van der Waals surface area (Å²) in [6.07, 6.45) is 0.350. The number of carbonyl (C=O) groups excluding carboxylic acids is 1. The van der Waals surface area contributed by atoms with Gasteiger partial charge in [0.15, 0.2) is 0 Å². The summed E-state index contributed by atoms with van der Waals surface area (Å²) in [5.74, 6) is -1.40. The van der Waals surface area contributed by atoms with Gasteiger partial charge in [-0.2, -0.15) is 5.26 Å². The Morgan fingerprint density at radius 2 is 2.11 bits per heavy atom. The predicted molar refractivity (Wildman–Crippen MR) is 69.6 cm³/mol. The maximum Gasteiger partial charge on any atom is 0.319 e. The molecule has 6 heteroatoms. The number of benzene rings is 1. The summed E-state index contributed by atoms with van der Waals surface area (Å²) in [7, 11) is 0.